The summed E-state index contributed by atoms with van der Waals surface area (Å²) in [4.78, 5) is 15.5. The zero-order valence-electron chi connectivity index (χ0n) is 10.1. The molecule has 1 unspecified atom stereocenters. The second-order valence-corrected chi connectivity index (χ2v) is 4.40. The highest BCUT2D eigenvalue weighted by Crippen LogP contribution is 2.33. The number of pyridine rings is 1. The summed E-state index contributed by atoms with van der Waals surface area (Å²) in [6.07, 6.45) is 6.73. The number of rotatable bonds is 6. The van der Waals surface area contributed by atoms with Crippen LogP contribution in [0.3, 0.4) is 0 Å². The van der Waals surface area contributed by atoms with Crippen LogP contribution in [-0.2, 0) is 16.0 Å². The molecule has 0 spiro atoms. The summed E-state index contributed by atoms with van der Waals surface area (Å²) in [5.74, 6) is 0.335. The molecule has 1 aliphatic carbocycles. The quantitative estimate of drug-likeness (QED) is 0.751. The smallest absolute Gasteiger partial charge is 0.323 e. The van der Waals surface area contributed by atoms with Crippen LogP contribution in [0.1, 0.15) is 18.4 Å². The van der Waals surface area contributed by atoms with Crippen LogP contribution in [0.4, 0.5) is 0 Å². The van der Waals surface area contributed by atoms with Gasteiger partial charge in [0.1, 0.15) is 6.04 Å². The Balaban J connectivity index is 1.78. The predicted octanol–water partition coefficient (Wildman–Crippen LogP) is 1.17. The van der Waals surface area contributed by atoms with Crippen molar-refractivity contribution in [2.24, 2.45) is 5.92 Å². The largest absolute Gasteiger partial charge is 0.468 e. The molecule has 1 heterocycles. The highest BCUT2D eigenvalue weighted by molar-refractivity contribution is 5.76. The van der Waals surface area contributed by atoms with Gasteiger partial charge < -0.3 is 10.1 Å². The van der Waals surface area contributed by atoms with E-state index >= 15 is 0 Å². The minimum absolute atomic E-state index is 0.123. The van der Waals surface area contributed by atoms with Gasteiger partial charge in [0.2, 0.25) is 0 Å². The summed E-state index contributed by atoms with van der Waals surface area (Å²) in [5.41, 5.74) is 1.23. The van der Waals surface area contributed by atoms with Crippen molar-refractivity contribution >= 4 is 5.97 Å². The fourth-order valence-corrected chi connectivity index (χ4v) is 1.92. The van der Waals surface area contributed by atoms with E-state index in [0.717, 1.165) is 25.8 Å². The Labute approximate surface area is 101 Å². The third-order valence-electron chi connectivity index (χ3n) is 3.08. The summed E-state index contributed by atoms with van der Waals surface area (Å²) in [5, 5.41) is 3.29. The van der Waals surface area contributed by atoms with Gasteiger partial charge in [-0.3, -0.25) is 9.78 Å². The molecule has 0 radical (unpaired) electrons. The first-order valence-corrected chi connectivity index (χ1v) is 6.01. The van der Waals surface area contributed by atoms with E-state index in [1.165, 1.54) is 12.7 Å². The van der Waals surface area contributed by atoms with Crippen molar-refractivity contribution in [1.82, 2.24) is 10.3 Å². The van der Waals surface area contributed by atoms with Gasteiger partial charge in [-0.2, -0.15) is 0 Å². The van der Waals surface area contributed by atoms with Gasteiger partial charge in [0.25, 0.3) is 0 Å². The van der Waals surface area contributed by atoms with Crippen molar-refractivity contribution in [3.63, 3.8) is 0 Å². The third kappa shape index (κ3) is 3.53. The van der Waals surface area contributed by atoms with E-state index in [9.17, 15) is 4.79 Å². The lowest BCUT2D eigenvalue weighted by Gasteiger charge is -2.15. The number of ether oxygens (including phenoxy) is 1. The van der Waals surface area contributed by atoms with Crippen molar-refractivity contribution in [2.45, 2.75) is 25.3 Å². The van der Waals surface area contributed by atoms with Gasteiger partial charge in [-0.05, 0) is 49.4 Å². The van der Waals surface area contributed by atoms with E-state index in [0.29, 0.717) is 5.92 Å². The normalized spacial score (nSPS) is 16.5. The Kier molecular flexibility index (Phi) is 4.09. The van der Waals surface area contributed by atoms with Crippen molar-refractivity contribution in [1.29, 1.82) is 0 Å². The van der Waals surface area contributed by atoms with Crippen LogP contribution in [0.25, 0.3) is 0 Å². The zero-order chi connectivity index (χ0) is 12.1. The number of methoxy groups -OCH3 is 1. The fourth-order valence-electron chi connectivity index (χ4n) is 1.92. The van der Waals surface area contributed by atoms with E-state index < -0.39 is 0 Å². The maximum Gasteiger partial charge on any atom is 0.323 e. The number of carbonyl (C=O) groups is 1. The van der Waals surface area contributed by atoms with Crippen LogP contribution < -0.4 is 5.32 Å². The number of aromatic nitrogens is 1. The minimum Gasteiger partial charge on any atom is -0.468 e. The first kappa shape index (κ1) is 12.0. The molecule has 92 valence electrons. The van der Waals surface area contributed by atoms with Crippen molar-refractivity contribution in [2.75, 3.05) is 13.7 Å². The van der Waals surface area contributed by atoms with Gasteiger partial charge in [-0.25, -0.2) is 0 Å². The maximum absolute atomic E-state index is 11.5. The molecule has 0 bridgehead atoms. The summed E-state index contributed by atoms with van der Waals surface area (Å²) >= 11 is 0. The molecule has 0 aromatic carbocycles. The van der Waals surface area contributed by atoms with E-state index in [-0.39, 0.29) is 12.0 Å². The maximum atomic E-state index is 11.5. The number of esters is 1. The monoisotopic (exact) mass is 234 g/mol. The van der Waals surface area contributed by atoms with Crippen LogP contribution in [0.15, 0.2) is 24.5 Å². The predicted molar refractivity (Wildman–Crippen MR) is 64.5 cm³/mol. The molecule has 1 saturated carbocycles. The average Bonchev–Trinajstić information content (AvgIpc) is 3.19. The van der Waals surface area contributed by atoms with Gasteiger partial charge in [0, 0.05) is 12.4 Å². The second-order valence-electron chi connectivity index (χ2n) is 4.40. The van der Waals surface area contributed by atoms with E-state index in [2.05, 4.69) is 10.3 Å². The van der Waals surface area contributed by atoms with Crippen LogP contribution in [0.2, 0.25) is 0 Å². The lowest BCUT2D eigenvalue weighted by atomic mass is 10.1. The van der Waals surface area contributed by atoms with Gasteiger partial charge in [-0.1, -0.05) is 0 Å². The third-order valence-corrected chi connectivity index (χ3v) is 3.08. The summed E-state index contributed by atoms with van der Waals surface area (Å²) < 4.78 is 4.80. The molecule has 1 N–H and O–H groups in total. The molecule has 1 aromatic rings. The Morgan fingerprint density at radius 3 is 2.82 bits per heavy atom. The lowest BCUT2D eigenvalue weighted by molar-refractivity contribution is -0.143. The molecule has 0 saturated heterocycles. The van der Waals surface area contributed by atoms with Crippen molar-refractivity contribution in [3.8, 4) is 0 Å². The molecular formula is C13H18N2O2. The number of carbonyl (C=O) groups excluding carboxylic acids is 1. The van der Waals surface area contributed by atoms with E-state index in [4.69, 9.17) is 4.74 Å². The van der Waals surface area contributed by atoms with Gasteiger partial charge in [0.05, 0.1) is 7.11 Å². The number of hydrogen-bond acceptors (Lipinski definition) is 4. The number of nitrogens with one attached hydrogen (secondary N) is 1. The topological polar surface area (TPSA) is 51.2 Å². The molecule has 4 nitrogen and oxygen atoms in total. The van der Waals surface area contributed by atoms with Crippen LogP contribution in [-0.4, -0.2) is 30.6 Å². The summed E-state index contributed by atoms with van der Waals surface area (Å²) in [6.45, 7) is 0.792. The SMILES string of the molecule is COC(=O)C(NCCc1ccncc1)C1CC1. The standard InChI is InChI=1S/C13H18N2O2/c1-17-13(16)12(11-2-3-11)15-9-6-10-4-7-14-8-5-10/h4-5,7-8,11-12,15H,2-3,6,9H2,1H3. The van der Waals surface area contributed by atoms with Gasteiger partial charge in [-0.15, -0.1) is 0 Å². The molecule has 4 heteroatoms. The summed E-state index contributed by atoms with van der Waals surface area (Å²) in [6, 6.07) is 3.86. The summed E-state index contributed by atoms with van der Waals surface area (Å²) in [7, 11) is 1.45. The lowest BCUT2D eigenvalue weighted by Crippen LogP contribution is -2.40. The van der Waals surface area contributed by atoms with Gasteiger partial charge in [0.15, 0.2) is 0 Å². The molecule has 0 amide bonds. The molecular weight excluding hydrogens is 216 g/mol. The second kappa shape index (κ2) is 5.77. The molecule has 1 aliphatic rings. The van der Waals surface area contributed by atoms with Crippen LogP contribution in [0.5, 0.6) is 0 Å². The fraction of sp³-hybridized carbons (Fsp3) is 0.538. The molecule has 1 aromatic heterocycles. The van der Waals surface area contributed by atoms with E-state index in [1.54, 1.807) is 12.4 Å². The first-order chi connectivity index (χ1) is 8.31. The van der Waals surface area contributed by atoms with E-state index in [1.807, 2.05) is 12.1 Å². The first-order valence-electron chi connectivity index (χ1n) is 6.01. The minimum atomic E-state index is -0.137. The molecule has 1 fully saturated rings. The zero-order valence-corrected chi connectivity index (χ0v) is 10.1. The highest BCUT2D eigenvalue weighted by atomic mass is 16.5. The number of hydrogen-bond donors (Lipinski definition) is 1. The Bertz CT molecular complexity index is 363. The highest BCUT2D eigenvalue weighted by Gasteiger charge is 2.36. The van der Waals surface area contributed by atoms with Crippen LogP contribution in [0, 0.1) is 5.92 Å². The molecule has 17 heavy (non-hydrogen) atoms. The van der Waals surface area contributed by atoms with Gasteiger partial charge >= 0.3 is 5.97 Å². The Hall–Kier alpha value is -1.42. The van der Waals surface area contributed by atoms with Crippen molar-refractivity contribution < 1.29 is 9.53 Å². The number of nitrogens with zero attached hydrogens (tertiary/aromatic N) is 1. The van der Waals surface area contributed by atoms with Crippen LogP contribution >= 0.6 is 0 Å². The Morgan fingerprint density at radius 2 is 2.24 bits per heavy atom. The van der Waals surface area contributed by atoms with Crippen molar-refractivity contribution in [3.05, 3.63) is 30.1 Å². The molecule has 1 atom stereocenters. The Morgan fingerprint density at radius 1 is 1.53 bits per heavy atom. The molecule has 2 rings (SSSR count). The average molecular weight is 234 g/mol. The molecule has 0 aliphatic heterocycles.